The molecule has 1 aliphatic heterocycles. The molecule has 5 rings (SSSR count). The van der Waals surface area contributed by atoms with Gasteiger partial charge in [0.2, 0.25) is 5.88 Å². The Kier molecular flexibility index (Phi) is 7.28. The Morgan fingerprint density at radius 2 is 1.77 bits per heavy atom. The number of halogens is 2. The van der Waals surface area contributed by atoms with Gasteiger partial charge in [-0.05, 0) is 49.7 Å². The highest BCUT2D eigenvalue weighted by Gasteiger charge is 2.55. The van der Waals surface area contributed by atoms with Gasteiger partial charge in [0.25, 0.3) is 0 Å². The highest BCUT2D eigenvalue weighted by molar-refractivity contribution is 5.85. The highest BCUT2D eigenvalue weighted by atomic mass is 35.5. The summed E-state index contributed by atoms with van der Waals surface area (Å²) < 4.78 is 25.5. The van der Waals surface area contributed by atoms with Crippen LogP contribution in [0.5, 0.6) is 5.88 Å². The van der Waals surface area contributed by atoms with Gasteiger partial charge in [-0.3, -0.25) is 0 Å². The van der Waals surface area contributed by atoms with Gasteiger partial charge in [-0.1, -0.05) is 30.3 Å². The van der Waals surface area contributed by atoms with E-state index in [9.17, 15) is 9.18 Å². The van der Waals surface area contributed by atoms with Crippen molar-refractivity contribution in [1.82, 2.24) is 15.6 Å². The van der Waals surface area contributed by atoms with E-state index in [1.807, 2.05) is 56.3 Å². The smallest absolute Gasteiger partial charge is 0.408 e. The molecular formula is C27H29ClFN3O3. The molecule has 184 valence electrons. The summed E-state index contributed by atoms with van der Waals surface area (Å²) in [7, 11) is 0. The third-order valence-corrected chi connectivity index (χ3v) is 6.53. The van der Waals surface area contributed by atoms with Crippen LogP contribution in [0.25, 0.3) is 11.3 Å². The van der Waals surface area contributed by atoms with Crippen LogP contribution in [-0.2, 0) is 16.9 Å². The summed E-state index contributed by atoms with van der Waals surface area (Å²) in [4.78, 5) is 17.3. The van der Waals surface area contributed by atoms with Crippen molar-refractivity contribution in [3.8, 4) is 17.1 Å². The van der Waals surface area contributed by atoms with Gasteiger partial charge < -0.3 is 20.1 Å². The molecule has 1 amide bonds. The van der Waals surface area contributed by atoms with E-state index >= 15 is 0 Å². The number of nitrogens with zero attached hydrogens (tertiary/aromatic N) is 1. The van der Waals surface area contributed by atoms with Gasteiger partial charge in [-0.25, -0.2) is 14.2 Å². The van der Waals surface area contributed by atoms with E-state index in [1.165, 1.54) is 12.1 Å². The first-order chi connectivity index (χ1) is 16.4. The van der Waals surface area contributed by atoms with Crippen LogP contribution >= 0.6 is 12.4 Å². The molecule has 1 aromatic heterocycles. The second kappa shape index (κ2) is 10.2. The van der Waals surface area contributed by atoms with E-state index in [2.05, 4.69) is 15.6 Å². The number of amides is 1. The Morgan fingerprint density at radius 3 is 2.46 bits per heavy atom. The summed E-state index contributed by atoms with van der Waals surface area (Å²) in [5.74, 6) is 1.19. The molecule has 2 unspecified atom stereocenters. The van der Waals surface area contributed by atoms with Gasteiger partial charge in [-0.2, -0.15) is 0 Å². The molecule has 0 bridgehead atoms. The Morgan fingerprint density at radius 1 is 1.09 bits per heavy atom. The first kappa shape index (κ1) is 24.9. The zero-order chi connectivity index (χ0) is 23.7. The fourth-order valence-electron chi connectivity index (χ4n) is 4.45. The van der Waals surface area contributed by atoms with Gasteiger partial charge in [0.15, 0.2) is 0 Å². The molecule has 2 aliphatic rings. The first-order valence-corrected chi connectivity index (χ1v) is 11.6. The molecular weight excluding hydrogens is 469 g/mol. The predicted octanol–water partition coefficient (Wildman–Crippen LogP) is 5.07. The summed E-state index contributed by atoms with van der Waals surface area (Å²) in [6.07, 6.45) is -0.373. The highest BCUT2D eigenvalue weighted by Crippen LogP contribution is 2.45. The SMILES string of the molecule is CC(C)(OC(=O)NCc1ccccc1)c1cc(OC2C3CNCC32)nc(-c2ccc(F)cc2)c1.Cl. The van der Waals surface area contributed by atoms with E-state index in [0.717, 1.165) is 29.8 Å². The maximum atomic E-state index is 13.5. The Hall–Kier alpha value is -3.16. The average Bonchev–Trinajstić information content (AvgIpc) is 3.23. The molecule has 0 spiro atoms. The largest absolute Gasteiger partial charge is 0.474 e. The second-order valence-electron chi connectivity index (χ2n) is 9.39. The lowest BCUT2D eigenvalue weighted by molar-refractivity contribution is 0.0358. The van der Waals surface area contributed by atoms with Crippen LogP contribution in [-0.4, -0.2) is 30.3 Å². The van der Waals surface area contributed by atoms with Crippen molar-refractivity contribution < 1.29 is 18.7 Å². The zero-order valence-electron chi connectivity index (χ0n) is 19.7. The number of ether oxygens (including phenoxy) is 2. The van der Waals surface area contributed by atoms with E-state index < -0.39 is 11.7 Å². The minimum atomic E-state index is -0.947. The lowest BCUT2D eigenvalue weighted by atomic mass is 9.96. The number of benzene rings is 2. The van der Waals surface area contributed by atoms with Crippen molar-refractivity contribution in [2.75, 3.05) is 13.1 Å². The molecule has 3 aromatic rings. The molecule has 1 saturated heterocycles. The molecule has 35 heavy (non-hydrogen) atoms. The van der Waals surface area contributed by atoms with E-state index in [1.54, 1.807) is 12.1 Å². The van der Waals surface area contributed by atoms with Crippen molar-refractivity contribution in [2.45, 2.75) is 32.1 Å². The number of nitrogens with one attached hydrogen (secondary N) is 2. The third-order valence-electron chi connectivity index (χ3n) is 6.53. The monoisotopic (exact) mass is 497 g/mol. The summed E-state index contributed by atoms with van der Waals surface area (Å²) in [5.41, 5.74) is 2.18. The van der Waals surface area contributed by atoms with Crippen molar-refractivity contribution in [2.24, 2.45) is 11.8 Å². The normalized spacial score (nSPS) is 20.4. The van der Waals surface area contributed by atoms with Crippen LogP contribution in [0.15, 0.2) is 66.7 Å². The van der Waals surface area contributed by atoms with Crippen molar-refractivity contribution in [1.29, 1.82) is 0 Å². The number of fused-ring (bicyclic) bond motifs is 1. The maximum absolute atomic E-state index is 13.5. The molecule has 1 aliphatic carbocycles. The Bertz CT molecular complexity index is 1160. The number of aromatic nitrogens is 1. The minimum absolute atomic E-state index is 0. The van der Waals surface area contributed by atoms with Crippen molar-refractivity contribution >= 4 is 18.5 Å². The average molecular weight is 498 g/mol. The van der Waals surface area contributed by atoms with Gasteiger partial charge in [0.1, 0.15) is 17.5 Å². The molecule has 0 radical (unpaired) electrons. The van der Waals surface area contributed by atoms with Crippen LogP contribution in [0.1, 0.15) is 25.0 Å². The summed E-state index contributed by atoms with van der Waals surface area (Å²) in [6.45, 7) is 5.95. The second-order valence-corrected chi connectivity index (χ2v) is 9.39. The van der Waals surface area contributed by atoms with E-state index in [0.29, 0.717) is 30.0 Å². The molecule has 2 fully saturated rings. The standard InChI is InChI=1S/C27H28FN3O3.ClH/c1-27(2,34-26(32)30-14-17-6-4-3-5-7-17)19-12-23(18-8-10-20(28)11-9-18)31-24(13-19)33-25-21-15-29-16-22(21)25;/h3-13,21-22,25,29H,14-16H2,1-2H3,(H,30,32);1H. The van der Waals surface area contributed by atoms with Crippen molar-refractivity contribution in [3.63, 3.8) is 0 Å². The molecule has 6 nitrogen and oxygen atoms in total. The number of rotatable bonds is 7. The molecule has 8 heteroatoms. The molecule has 1 saturated carbocycles. The topological polar surface area (TPSA) is 72.5 Å². The first-order valence-electron chi connectivity index (χ1n) is 11.6. The quantitative estimate of drug-likeness (QED) is 0.477. The Balaban J connectivity index is 0.00000289. The van der Waals surface area contributed by atoms with Crippen LogP contribution in [0, 0.1) is 17.7 Å². The van der Waals surface area contributed by atoms with Crippen molar-refractivity contribution in [3.05, 3.63) is 83.7 Å². The van der Waals surface area contributed by atoms with Crippen LogP contribution in [0.3, 0.4) is 0 Å². The van der Waals surface area contributed by atoms with Crippen LogP contribution < -0.4 is 15.4 Å². The third kappa shape index (κ3) is 5.74. The summed E-state index contributed by atoms with van der Waals surface area (Å²) in [5, 5.41) is 6.16. The van der Waals surface area contributed by atoms with Crippen LogP contribution in [0.2, 0.25) is 0 Å². The van der Waals surface area contributed by atoms with Gasteiger partial charge in [0.05, 0.1) is 5.69 Å². The number of hydrogen-bond donors (Lipinski definition) is 2. The summed E-state index contributed by atoms with van der Waals surface area (Å²) in [6, 6.07) is 19.5. The van der Waals surface area contributed by atoms with E-state index in [-0.39, 0.29) is 24.3 Å². The molecule has 2 aromatic carbocycles. The van der Waals surface area contributed by atoms with E-state index in [4.69, 9.17) is 9.47 Å². The molecule has 2 atom stereocenters. The fourth-order valence-corrected chi connectivity index (χ4v) is 4.45. The fraction of sp³-hybridized carbons (Fsp3) is 0.333. The number of pyridine rings is 1. The summed E-state index contributed by atoms with van der Waals surface area (Å²) >= 11 is 0. The number of carbonyl (C=O) groups excluding carboxylic acids is 1. The van der Waals surface area contributed by atoms with Gasteiger partial charge in [0, 0.05) is 48.7 Å². The molecule has 2 heterocycles. The molecule has 2 N–H and O–H groups in total. The van der Waals surface area contributed by atoms with Gasteiger partial charge >= 0.3 is 6.09 Å². The van der Waals surface area contributed by atoms with Gasteiger partial charge in [-0.15, -0.1) is 12.4 Å². The number of hydrogen-bond acceptors (Lipinski definition) is 5. The minimum Gasteiger partial charge on any atom is -0.474 e. The zero-order valence-corrected chi connectivity index (χ0v) is 20.5. The van der Waals surface area contributed by atoms with Crippen LogP contribution in [0.4, 0.5) is 9.18 Å². The number of carbonyl (C=O) groups is 1. The number of piperidine rings is 1. The lowest BCUT2D eigenvalue weighted by Gasteiger charge is -2.27. The lowest BCUT2D eigenvalue weighted by Crippen LogP contribution is -2.33. The number of alkyl carbamates (subject to hydrolysis) is 1. The Labute approximate surface area is 210 Å². The predicted molar refractivity (Wildman–Crippen MR) is 134 cm³/mol. The maximum Gasteiger partial charge on any atom is 0.408 e.